The first-order valence-electron chi connectivity index (χ1n) is 7.46. The number of benzene rings is 1. The smallest absolute Gasteiger partial charge is 0.243 e. The second kappa shape index (κ2) is 8.46. The summed E-state index contributed by atoms with van der Waals surface area (Å²) in [6.07, 6.45) is 1.47. The maximum Gasteiger partial charge on any atom is 0.243 e. The minimum absolute atomic E-state index is 0.0744. The molecule has 21 heavy (non-hydrogen) atoms. The Kier molecular flexibility index (Phi) is 7.28. The highest BCUT2D eigenvalue weighted by molar-refractivity contribution is 7.89. The lowest BCUT2D eigenvalue weighted by atomic mass is 10.2. The van der Waals surface area contributed by atoms with E-state index >= 15 is 0 Å². The van der Waals surface area contributed by atoms with Gasteiger partial charge in [-0.15, -0.1) is 0 Å². The van der Waals surface area contributed by atoms with Crippen LogP contribution in [0.5, 0.6) is 0 Å². The predicted molar refractivity (Wildman–Crippen MR) is 83.1 cm³/mol. The molecular formula is C15H25FN2O2S. The van der Waals surface area contributed by atoms with Gasteiger partial charge in [0.2, 0.25) is 10.0 Å². The molecule has 0 bridgehead atoms. The van der Waals surface area contributed by atoms with Gasteiger partial charge in [-0.05, 0) is 37.1 Å². The molecule has 0 aliphatic carbocycles. The van der Waals surface area contributed by atoms with Crippen LogP contribution in [0.2, 0.25) is 0 Å². The molecule has 1 aromatic rings. The summed E-state index contributed by atoms with van der Waals surface area (Å²) in [5.41, 5.74) is 0.607. The first-order valence-corrected chi connectivity index (χ1v) is 8.90. The summed E-state index contributed by atoms with van der Waals surface area (Å²) in [4.78, 5) is 0.0744. The van der Waals surface area contributed by atoms with Gasteiger partial charge in [-0.2, -0.15) is 4.31 Å². The van der Waals surface area contributed by atoms with E-state index in [1.807, 2.05) is 20.8 Å². The molecule has 0 aromatic heterocycles. The van der Waals surface area contributed by atoms with E-state index < -0.39 is 15.8 Å². The molecule has 0 radical (unpaired) electrons. The number of nitrogens with zero attached hydrogens (tertiary/aromatic N) is 1. The maximum absolute atomic E-state index is 13.5. The average molecular weight is 316 g/mol. The molecule has 0 fully saturated rings. The van der Waals surface area contributed by atoms with Crippen LogP contribution in [0.25, 0.3) is 0 Å². The van der Waals surface area contributed by atoms with Gasteiger partial charge in [0, 0.05) is 19.6 Å². The molecule has 0 spiro atoms. The van der Waals surface area contributed by atoms with Crippen LogP contribution in [-0.4, -0.2) is 32.4 Å². The van der Waals surface area contributed by atoms with Gasteiger partial charge in [-0.3, -0.25) is 0 Å². The van der Waals surface area contributed by atoms with E-state index in [2.05, 4.69) is 5.32 Å². The minimum Gasteiger partial charge on any atom is -0.313 e. The van der Waals surface area contributed by atoms with Crippen LogP contribution in [0.3, 0.4) is 0 Å². The summed E-state index contributed by atoms with van der Waals surface area (Å²) in [7, 11) is -3.66. The monoisotopic (exact) mass is 316 g/mol. The van der Waals surface area contributed by atoms with Crippen molar-refractivity contribution in [2.75, 3.05) is 19.6 Å². The van der Waals surface area contributed by atoms with Crippen molar-refractivity contribution >= 4 is 10.0 Å². The van der Waals surface area contributed by atoms with Crippen molar-refractivity contribution in [2.45, 2.75) is 45.1 Å². The molecule has 0 saturated carbocycles. The summed E-state index contributed by atoms with van der Waals surface area (Å²) in [5, 5.41) is 3.09. The van der Waals surface area contributed by atoms with Gasteiger partial charge in [-0.1, -0.05) is 26.8 Å². The summed E-state index contributed by atoms with van der Waals surface area (Å²) < 4.78 is 40.5. The Morgan fingerprint density at radius 1 is 1.14 bits per heavy atom. The van der Waals surface area contributed by atoms with E-state index in [1.54, 1.807) is 6.07 Å². The molecule has 0 aliphatic heterocycles. The number of hydrogen-bond acceptors (Lipinski definition) is 3. The van der Waals surface area contributed by atoms with Crippen molar-refractivity contribution in [1.29, 1.82) is 0 Å². The standard InChI is InChI=1S/C15H25FN2O2S/c1-4-9-18(10-5-2)21(19,20)15-11-14(16)8-7-13(15)12-17-6-3/h7-8,11,17H,4-6,9-10,12H2,1-3H3. The quantitative estimate of drug-likeness (QED) is 0.762. The van der Waals surface area contributed by atoms with Crippen LogP contribution >= 0.6 is 0 Å². The second-order valence-corrected chi connectivity index (χ2v) is 6.84. The minimum atomic E-state index is -3.66. The van der Waals surface area contributed by atoms with Crippen molar-refractivity contribution in [2.24, 2.45) is 0 Å². The van der Waals surface area contributed by atoms with E-state index in [0.29, 0.717) is 25.2 Å². The fraction of sp³-hybridized carbons (Fsp3) is 0.600. The van der Waals surface area contributed by atoms with E-state index in [4.69, 9.17) is 0 Å². The summed E-state index contributed by atoms with van der Waals surface area (Å²) in [6, 6.07) is 3.97. The molecule has 1 rings (SSSR count). The first kappa shape index (κ1) is 18.1. The van der Waals surface area contributed by atoms with E-state index in [1.165, 1.54) is 10.4 Å². The molecule has 0 aliphatic rings. The third-order valence-electron chi connectivity index (χ3n) is 3.16. The average Bonchev–Trinajstić information content (AvgIpc) is 2.45. The largest absolute Gasteiger partial charge is 0.313 e. The molecule has 0 heterocycles. The van der Waals surface area contributed by atoms with Crippen LogP contribution in [0.1, 0.15) is 39.2 Å². The van der Waals surface area contributed by atoms with Crippen molar-refractivity contribution in [3.63, 3.8) is 0 Å². The molecule has 4 nitrogen and oxygen atoms in total. The van der Waals surface area contributed by atoms with E-state index in [9.17, 15) is 12.8 Å². The van der Waals surface area contributed by atoms with Crippen molar-refractivity contribution < 1.29 is 12.8 Å². The Balaban J connectivity index is 3.23. The maximum atomic E-state index is 13.5. The lowest BCUT2D eigenvalue weighted by Gasteiger charge is -2.22. The highest BCUT2D eigenvalue weighted by atomic mass is 32.2. The Morgan fingerprint density at radius 2 is 1.76 bits per heavy atom. The highest BCUT2D eigenvalue weighted by Gasteiger charge is 2.26. The van der Waals surface area contributed by atoms with E-state index in [-0.39, 0.29) is 4.90 Å². The number of sulfonamides is 1. The van der Waals surface area contributed by atoms with Gasteiger partial charge in [0.1, 0.15) is 5.82 Å². The van der Waals surface area contributed by atoms with Crippen molar-refractivity contribution in [1.82, 2.24) is 9.62 Å². The molecule has 1 aromatic carbocycles. The molecule has 120 valence electrons. The summed E-state index contributed by atoms with van der Waals surface area (Å²) in [5.74, 6) is -0.526. The zero-order valence-corrected chi connectivity index (χ0v) is 13.8. The lowest BCUT2D eigenvalue weighted by molar-refractivity contribution is 0.409. The topological polar surface area (TPSA) is 49.4 Å². The third-order valence-corrected chi connectivity index (χ3v) is 5.14. The SMILES string of the molecule is CCCN(CCC)S(=O)(=O)c1cc(F)ccc1CNCC. The van der Waals surface area contributed by atoms with Gasteiger partial charge in [0.25, 0.3) is 0 Å². The molecule has 0 unspecified atom stereocenters. The van der Waals surface area contributed by atoms with Crippen molar-refractivity contribution in [3.05, 3.63) is 29.6 Å². The first-order chi connectivity index (χ1) is 9.97. The molecule has 0 amide bonds. The Morgan fingerprint density at radius 3 is 2.29 bits per heavy atom. The fourth-order valence-corrected chi connectivity index (χ4v) is 4.02. The number of hydrogen-bond donors (Lipinski definition) is 1. The van der Waals surface area contributed by atoms with Gasteiger partial charge in [0.05, 0.1) is 4.90 Å². The number of nitrogens with one attached hydrogen (secondary N) is 1. The molecule has 0 atom stereocenters. The van der Waals surface area contributed by atoms with Crippen LogP contribution in [0.4, 0.5) is 4.39 Å². The molecule has 1 N–H and O–H groups in total. The summed E-state index contributed by atoms with van der Waals surface area (Å²) >= 11 is 0. The lowest BCUT2D eigenvalue weighted by Crippen LogP contribution is -2.33. The molecular weight excluding hydrogens is 291 g/mol. The van der Waals surface area contributed by atoms with E-state index in [0.717, 1.165) is 25.5 Å². The van der Waals surface area contributed by atoms with Crippen LogP contribution in [-0.2, 0) is 16.6 Å². The van der Waals surface area contributed by atoms with Crippen LogP contribution < -0.4 is 5.32 Å². The fourth-order valence-electron chi connectivity index (χ4n) is 2.16. The Bertz CT molecular complexity index is 541. The zero-order chi connectivity index (χ0) is 15.9. The van der Waals surface area contributed by atoms with Gasteiger partial charge >= 0.3 is 0 Å². The number of halogens is 1. The highest BCUT2D eigenvalue weighted by Crippen LogP contribution is 2.22. The van der Waals surface area contributed by atoms with Crippen LogP contribution in [0.15, 0.2) is 23.1 Å². The van der Waals surface area contributed by atoms with Crippen LogP contribution in [0, 0.1) is 5.82 Å². The Labute approximate surface area is 127 Å². The van der Waals surface area contributed by atoms with Gasteiger partial charge in [0.15, 0.2) is 0 Å². The predicted octanol–water partition coefficient (Wildman–Crippen LogP) is 2.75. The summed E-state index contributed by atoms with van der Waals surface area (Å²) in [6.45, 7) is 7.85. The number of rotatable bonds is 9. The van der Waals surface area contributed by atoms with Crippen molar-refractivity contribution in [3.8, 4) is 0 Å². The zero-order valence-electron chi connectivity index (χ0n) is 13.0. The third kappa shape index (κ3) is 4.76. The Hall–Kier alpha value is -0.980. The van der Waals surface area contributed by atoms with Gasteiger partial charge in [-0.25, -0.2) is 12.8 Å². The van der Waals surface area contributed by atoms with Gasteiger partial charge < -0.3 is 5.32 Å². The molecule has 6 heteroatoms. The molecule has 0 saturated heterocycles. The second-order valence-electron chi connectivity index (χ2n) is 4.94. The normalized spacial score (nSPS) is 12.0.